The minimum Gasteiger partial charge on any atom is -0.385 e. The second-order valence-electron chi connectivity index (χ2n) is 7.40. The summed E-state index contributed by atoms with van der Waals surface area (Å²) in [4.78, 5) is 15.2. The number of benzene rings is 1. The van der Waals surface area contributed by atoms with Crippen molar-refractivity contribution >= 4 is 24.0 Å². The fourth-order valence-corrected chi connectivity index (χ4v) is 4.70. The van der Waals surface area contributed by atoms with E-state index in [4.69, 9.17) is 0 Å². The van der Waals surface area contributed by atoms with Gasteiger partial charge < -0.3 is 10.2 Å². The number of hydrogen-bond donors (Lipinski definition) is 1. The zero-order valence-corrected chi connectivity index (χ0v) is 14.6. The molecule has 1 amide bonds. The van der Waals surface area contributed by atoms with E-state index >= 15 is 0 Å². The monoisotopic (exact) mass is 334 g/mol. The third-order valence-corrected chi connectivity index (χ3v) is 5.97. The van der Waals surface area contributed by atoms with Gasteiger partial charge in [-0.05, 0) is 55.2 Å². The summed E-state index contributed by atoms with van der Waals surface area (Å²) >= 11 is 0. The number of halogens is 1. The van der Waals surface area contributed by atoms with Crippen LogP contribution >= 0.6 is 12.4 Å². The van der Waals surface area contributed by atoms with E-state index in [-0.39, 0.29) is 18.3 Å². The SMILES string of the molecule is Cl.O=C(c1cccc2c1CCCN2)N1CCC2(CCCCC2)C1. The van der Waals surface area contributed by atoms with E-state index in [0.717, 1.165) is 38.0 Å². The molecule has 2 fully saturated rings. The van der Waals surface area contributed by atoms with Gasteiger partial charge in [-0.1, -0.05) is 25.3 Å². The van der Waals surface area contributed by atoms with Gasteiger partial charge in [0.25, 0.3) is 5.91 Å². The van der Waals surface area contributed by atoms with Crippen molar-refractivity contribution in [2.24, 2.45) is 5.41 Å². The van der Waals surface area contributed by atoms with E-state index in [1.807, 2.05) is 12.1 Å². The zero-order valence-electron chi connectivity index (χ0n) is 13.8. The second-order valence-corrected chi connectivity index (χ2v) is 7.40. The lowest BCUT2D eigenvalue weighted by atomic mass is 9.73. The van der Waals surface area contributed by atoms with Gasteiger partial charge >= 0.3 is 0 Å². The highest BCUT2D eigenvalue weighted by molar-refractivity contribution is 5.97. The van der Waals surface area contributed by atoms with Crippen molar-refractivity contribution in [1.29, 1.82) is 0 Å². The van der Waals surface area contributed by atoms with Crippen molar-refractivity contribution in [3.8, 4) is 0 Å². The van der Waals surface area contributed by atoms with Gasteiger partial charge in [0, 0.05) is 30.9 Å². The largest absolute Gasteiger partial charge is 0.385 e. The Morgan fingerprint density at radius 2 is 1.91 bits per heavy atom. The van der Waals surface area contributed by atoms with Crippen molar-refractivity contribution in [3.05, 3.63) is 29.3 Å². The molecule has 3 nitrogen and oxygen atoms in total. The summed E-state index contributed by atoms with van der Waals surface area (Å²) in [6.45, 7) is 2.97. The third kappa shape index (κ3) is 3.08. The number of carbonyl (C=O) groups is 1. The summed E-state index contributed by atoms with van der Waals surface area (Å²) in [5, 5.41) is 3.43. The molecule has 0 bridgehead atoms. The fraction of sp³-hybridized carbons (Fsp3) is 0.632. The van der Waals surface area contributed by atoms with Gasteiger partial charge in [-0.25, -0.2) is 0 Å². The standard InChI is InChI=1S/C19H26N2O.ClH/c22-18(16-6-4-8-17-15(16)7-5-12-20-17)21-13-11-19(14-21)9-2-1-3-10-19;/h4,6,8,20H,1-3,5,7,9-14H2;1H. The lowest BCUT2D eigenvalue weighted by Crippen LogP contribution is -2.34. The zero-order chi connectivity index (χ0) is 15.0. The molecular weight excluding hydrogens is 308 g/mol. The van der Waals surface area contributed by atoms with Gasteiger partial charge in [0.15, 0.2) is 0 Å². The quantitative estimate of drug-likeness (QED) is 0.832. The summed E-state index contributed by atoms with van der Waals surface area (Å²) in [6, 6.07) is 6.16. The lowest BCUT2D eigenvalue weighted by molar-refractivity contribution is 0.0758. The van der Waals surface area contributed by atoms with E-state index in [9.17, 15) is 4.79 Å². The molecule has 1 saturated heterocycles. The van der Waals surface area contributed by atoms with Crippen LogP contribution in [-0.4, -0.2) is 30.4 Å². The Labute approximate surface area is 145 Å². The molecule has 23 heavy (non-hydrogen) atoms. The van der Waals surface area contributed by atoms with Crippen molar-refractivity contribution in [3.63, 3.8) is 0 Å². The Bertz CT molecular complexity index is 581. The van der Waals surface area contributed by atoms with Crippen LogP contribution in [0.15, 0.2) is 18.2 Å². The number of fused-ring (bicyclic) bond motifs is 1. The maximum Gasteiger partial charge on any atom is 0.254 e. The van der Waals surface area contributed by atoms with Crippen molar-refractivity contribution in [2.75, 3.05) is 25.0 Å². The number of amides is 1. The number of hydrogen-bond acceptors (Lipinski definition) is 2. The van der Waals surface area contributed by atoms with Crippen LogP contribution in [0.4, 0.5) is 5.69 Å². The average molecular weight is 335 g/mol. The molecule has 4 heteroatoms. The van der Waals surface area contributed by atoms with Crippen LogP contribution in [-0.2, 0) is 6.42 Å². The summed E-state index contributed by atoms with van der Waals surface area (Å²) in [5.74, 6) is 0.267. The number of rotatable bonds is 1. The third-order valence-electron chi connectivity index (χ3n) is 5.97. The van der Waals surface area contributed by atoms with Crippen LogP contribution in [0.1, 0.15) is 60.9 Å². The topological polar surface area (TPSA) is 32.3 Å². The van der Waals surface area contributed by atoms with Crippen LogP contribution in [0, 0.1) is 5.41 Å². The Hall–Kier alpha value is -1.22. The predicted octanol–water partition coefficient (Wildman–Crippen LogP) is 4.26. The van der Waals surface area contributed by atoms with Crippen LogP contribution in [0.25, 0.3) is 0 Å². The highest BCUT2D eigenvalue weighted by Crippen LogP contribution is 2.44. The van der Waals surface area contributed by atoms with Crippen molar-refractivity contribution in [2.45, 2.75) is 51.4 Å². The van der Waals surface area contributed by atoms with Gasteiger partial charge in [0.1, 0.15) is 0 Å². The maximum atomic E-state index is 13.0. The van der Waals surface area contributed by atoms with Crippen LogP contribution in [0.2, 0.25) is 0 Å². The highest BCUT2D eigenvalue weighted by Gasteiger charge is 2.40. The first-order valence-corrected chi connectivity index (χ1v) is 8.93. The first-order valence-electron chi connectivity index (χ1n) is 8.93. The number of anilines is 1. The summed E-state index contributed by atoms with van der Waals surface area (Å²) < 4.78 is 0. The summed E-state index contributed by atoms with van der Waals surface area (Å²) in [6.07, 6.45) is 10.1. The average Bonchev–Trinajstić information content (AvgIpc) is 2.98. The van der Waals surface area contributed by atoms with Crippen molar-refractivity contribution < 1.29 is 4.79 Å². The molecule has 1 saturated carbocycles. The van der Waals surface area contributed by atoms with Crippen LogP contribution in [0.5, 0.6) is 0 Å². The molecule has 1 aromatic rings. The molecule has 0 aromatic heterocycles. The van der Waals surface area contributed by atoms with E-state index in [1.165, 1.54) is 49.8 Å². The van der Waals surface area contributed by atoms with E-state index in [0.29, 0.717) is 5.41 Å². The van der Waals surface area contributed by atoms with Crippen molar-refractivity contribution in [1.82, 2.24) is 4.90 Å². The number of carbonyl (C=O) groups excluding carboxylic acids is 1. The van der Waals surface area contributed by atoms with Crippen LogP contribution in [0.3, 0.4) is 0 Å². The minimum atomic E-state index is 0. The fourth-order valence-electron chi connectivity index (χ4n) is 4.70. The lowest BCUT2D eigenvalue weighted by Gasteiger charge is -2.33. The Balaban J connectivity index is 0.00000156. The molecular formula is C19H27ClN2O. The highest BCUT2D eigenvalue weighted by atomic mass is 35.5. The predicted molar refractivity (Wildman–Crippen MR) is 96.5 cm³/mol. The van der Waals surface area contributed by atoms with Gasteiger partial charge in [-0.2, -0.15) is 0 Å². The van der Waals surface area contributed by atoms with E-state index in [1.54, 1.807) is 0 Å². The molecule has 1 N–H and O–H groups in total. The van der Waals surface area contributed by atoms with Gasteiger partial charge in [0.2, 0.25) is 0 Å². The number of likely N-dealkylation sites (tertiary alicyclic amines) is 1. The molecule has 3 aliphatic rings. The summed E-state index contributed by atoms with van der Waals surface area (Å²) in [5.41, 5.74) is 3.80. The number of nitrogens with zero attached hydrogens (tertiary/aromatic N) is 1. The van der Waals surface area contributed by atoms with E-state index < -0.39 is 0 Å². The molecule has 126 valence electrons. The van der Waals surface area contributed by atoms with Gasteiger partial charge in [-0.15, -0.1) is 12.4 Å². The smallest absolute Gasteiger partial charge is 0.254 e. The van der Waals surface area contributed by atoms with Gasteiger partial charge in [0.05, 0.1) is 0 Å². The first-order chi connectivity index (χ1) is 10.8. The van der Waals surface area contributed by atoms with Crippen LogP contribution < -0.4 is 5.32 Å². The Kier molecular flexibility index (Phi) is 4.86. The summed E-state index contributed by atoms with van der Waals surface area (Å²) in [7, 11) is 0. The molecule has 2 heterocycles. The number of nitrogens with one attached hydrogen (secondary N) is 1. The first kappa shape index (κ1) is 16.6. The minimum absolute atomic E-state index is 0. The van der Waals surface area contributed by atoms with E-state index in [2.05, 4.69) is 16.3 Å². The van der Waals surface area contributed by atoms with Gasteiger partial charge in [-0.3, -0.25) is 4.79 Å². The maximum absolute atomic E-state index is 13.0. The second kappa shape index (κ2) is 6.72. The molecule has 2 aliphatic heterocycles. The molecule has 1 spiro atoms. The molecule has 1 aromatic carbocycles. The molecule has 0 atom stereocenters. The normalized spacial score (nSPS) is 22.2. The molecule has 1 aliphatic carbocycles. The molecule has 0 radical (unpaired) electrons. The molecule has 4 rings (SSSR count). The molecule has 0 unspecified atom stereocenters. The Morgan fingerprint density at radius 1 is 1.09 bits per heavy atom. The Morgan fingerprint density at radius 3 is 2.74 bits per heavy atom.